The molecule has 1 atom stereocenters. The lowest BCUT2D eigenvalue weighted by atomic mass is 10.0. The quantitative estimate of drug-likeness (QED) is 0.277. The zero-order valence-corrected chi connectivity index (χ0v) is 22.7. The number of nitrogens with zero attached hydrogens (tertiary/aromatic N) is 4. The molecule has 0 radical (unpaired) electrons. The number of hydrogen-bond acceptors (Lipinski definition) is 6. The topological polar surface area (TPSA) is 84.6 Å². The van der Waals surface area contributed by atoms with Gasteiger partial charge < -0.3 is 20.3 Å². The van der Waals surface area contributed by atoms with Crippen LogP contribution in [-0.2, 0) is 0 Å². The molecule has 5 rings (SSSR count). The zero-order valence-electron chi connectivity index (χ0n) is 21.2. The fourth-order valence-corrected chi connectivity index (χ4v) is 5.26. The van der Waals surface area contributed by atoms with E-state index in [-0.39, 0.29) is 21.8 Å². The highest BCUT2D eigenvalue weighted by atomic mass is 35.5. The van der Waals surface area contributed by atoms with Crippen molar-refractivity contribution in [1.29, 1.82) is 0 Å². The third-order valence-electron chi connectivity index (χ3n) is 6.73. The summed E-state index contributed by atoms with van der Waals surface area (Å²) in [7, 11) is 0. The van der Waals surface area contributed by atoms with Gasteiger partial charge in [0.15, 0.2) is 11.6 Å². The van der Waals surface area contributed by atoms with Crippen LogP contribution >= 0.6 is 23.2 Å². The number of nitrogens with two attached hydrogens (primary N) is 1. The molecule has 7 nitrogen and oxygen atoms in total. The van der Waals surface area contributed by atoms with E-state index in [0.717, 1.165) is 29.9 Å². The van der Waals surface area contributed by atoms with Crippen molar-refractivity contribution in [2.75, 3.05) is 36.8 Å². The number of ether oxygens (including phenoxy) is 1. The summed E-state index contributed by atoms with van der Waals surface area (Å²) in [5, 5.41) is 0.187. The number of anilines is 2. The molecule has 1 aliphatic heterocycles. The van der Waals surface area contributed by atoms with E-state index in [1.54, 1.807) is 43.7 Å². The summed E-state index contributed by atoms with van der Waals surface area (Å²) in [4.78, 5) is 25.6. The lowest BCUT2D eigenvalue weighted by Gasteiger charge is -2.36. The molecule has 1 amide bonds. The van der Waals surface area contributed by atoms with Crippen LogP contribution in [0.15, 0.2) is 73.2 Å². The lowest BCUT2D eigenvalue weighted by molar-refractivity contribution is 0.0747. The first-order valence-corrected chi connectivity index (χ1v) is 13.2. The molecule has 39 heavy (non-hydrogen) atoms. The molecule has 1 aliphatic rings. The number of halogens is 3. The normalized spacial score (nSPS) is 14.3. The molecule has 0 spiro atoms. The Morgan fingerprint density at radius 3 is 2.38 bits per heavy atom. The number of amides is 1. The zero-order chi connectivity index (χ0) is 27.5. The van der Waals surface area contributed by atoms with Crippen LogP contribution in [0.3, 0.4) is 0 Å². The smallest absolute Gasteiger partial charge is 0.253 e. The van der Waals surface area contributed by atoms with Crippen LogP contribution in [0, 0.1) is 5.82 Å². The van der Waals surface area contributed by atoms with Gasteiger partial charge in [-0.3, -0.25) is 9.78 Å². The van der Waals surface area contributed by atoms with Crippen LogP contribution in [0.4, 0.5) is 15.9 Å². The van der Waals surface area contributed by atoms with Crippen molar-refractivity contribution in [3.05, 3.63) is 100 Å². The van der Waals surface area contributed by atoms with Gasteiger partial charge in [0.05, 0.1) is 5.02 Å². The predicted octanol–water partition coefficient (Wildman–Crippen LogP) is 6.27. The van der Waals surface area contributed by atoms with Crippen molar-refractivity contribution >= 4 is 40.6 Å². The standard InChI is InChI=1S/C29H26Cl2FN5O2/c1-18(26-23(30)6-7-24(32)27(26)31)39-25-16-21(17-35-28(25)33)19-2-4-20(5-3-19)29(38)37-14-12-36(13-15-37)22-8-10-34-11-9-22/h2-11,16-18H,12-15H2,1H3,(H2,33,35). The average molecular weight is 566 g/mol. The first kappa shape index (κ1) is 26.7. The molecule has 3 heterocycles. The number of aromatic nitrogens is 2. The summed E-state index contributed by atoms with van der Waals surface area (Å²) in [6, 6.07) is 15.7. The van der Waals surface area contributed by atoms with Crippen LogP contribution in [-0.4, -0.2) is 47.0 Å². The second-order valence-electron chi connectivity index (χ2n) is 9.19. The maximum Gasteiger partial charge on any atom is 0.253 e. The van der Waals surface area contributed by atoms with Gasteiger partial charge in [0.2, 0.25) is 0 Å². The molecule has 10 heteroatoms. The molecule has 4 aromatic rings. The van der Waals surface area contributed by atoms with E-state index in [1.165, 1.54) is 12.1 Å². The summed E-state index contributed by atoms with van der Waals surface area (Å²) >= 11 is 12.4. The van der Waals surface area contributed by atoms with E-state index in [1.807, 2.05) is 29.2 Å². The van der Waals surface area contributed by atoms with Crippen molar-refractivity contribution in [3.8, 4) is 16.9 Å². The molecule has 0 saturated carbocycles. The van der Waals surface area contributed by atoms with E-state index in [0.29, 0.717) is 30.0 Å². The van der Waals surface area contributed by atoms with Gasteiger partial charge in [0.1, 0.15) is 11.9 Å². The molecule has 0 bridgehead atoms. The third-order valence-corrected chi connectivity index (χ3v) is 7.45. The fraction of sp³-hybridized carbons (Fsp3) is 0.207. The molecular formula is C29H26Cl2FN5O2. The maximum absolute atomic E-state index is 14.0. The van der Waals surface area contributed by atoms with E-state index in [2.05, 4.69) is 14.9 Å². The Labute approximate surface area is 235 Å². The predicted molar refractivity (Wildman–Crippen MR) is 152 cm³/mol. The van der Waals surface area contributed by atoms with Crippen molar-refractivity contribution in [2.45, 2.75) is 13.0 Å². The Bertz CT molecular complexity index is 1480. The van der Waals surface area contributed by atoms with Gasteiger partial charge in [0.25, 0.3) is 5.91 Å². The number of nitrogen functional groups attached to an aromatic ring is 1. The number of carbonyl (C=O) groups excluding carboxylic acids is 1. The van der Waals surface area contributed by atoms with Gasteiger partial charge in [-0.15, -0.1) is 0 Å². The summed E-state index contributed by atoms with van der Waals surface area (Å²) in [6.07, 6.45) is 4.50. The molecule has 200 valence electrons. The van der Waals surface area contributed by atoms with Gasteiger partial charge in [-0.2, -0.15) is 0 Å². The van der Waals surface area contributed by atoms with Gasteiger partial charge in [-0.25, -0.2) is 9.37 Å². The second-order valence-corrected chi connectivity index (χ2v) is 9.97. The van der Waals surface area contributed by atoms with E-state index in [9.17, 15) is 9.18 Å². The van der Waals surface area contributed by atoms with Crippen LogP contribution in [0.5, 0.6) is 5.75 Å². The van der Waals surface area contributed by atoms with Gasteiger partial charge >= 0.3 is 0 Å². The van der Waals surface area contributed by atoms with Crippen LogP contribution in [0.25, 0.3) is 11.1 Å². The molecule has 1 unspecified atom stereocenters. The monoisotopic (exact) mass is 565 g/mol. The minimum absolute atomic E-state index is 0.00643. The average Bonchev–Trinajstić information content (AvgIpc) is 2.97. The Hall–Kier alpha value is -3.88. The summed E-state index contributed by atoms with van der Waals surface area (Å²) in [6.45, 7) is 4.51. The molecule has 1 saturated heterocycles. The molecule has 1 fully saturated rings. The Morgan fingerprint density at radius 1 is 1.00 bits per heavy atom. The largest absolute Gasteiger partial charge is 0.482 e. The minimum Gasteiger partial charge on any atom is -0.482 e. The van der Waals surface area contributed by atoms with Crippen molar-refractivity contribution in [1.82, 2.24) is 14.9 Å². The fourth-order valence-electron chi connectivity index (χ4n) is 4.58. The van der Waals surface area contributed by atoms with Gasteiger partial charge in [-0.05, 0) is 55.0 Å². The number of pyridine rings is 2. The number of benzene rings is 2. The summed E-state index contributed by atoms with van der Waals surface area (Å²) in [5.41, 5.74) is 9.69. The van der Waals surface area contributed by atoms with E-state index in [4.69, 9.17) is 33.7 Å². The minimum atomic E-state index is -0.681. The van der Waals surface area contributed by atoms with Crippen molar-refractivity contribution < 1.29 is 13.9 Å². The molecular weight excluding hydrogens is 540 g/mol. The van der Waals surface area contributed by atoms with Gasteiger partial charge in [-0.1, -0.05) is 35.3 Å². The molecule has 2 N–H and O–H groups in total. The summed E-state index contributed by atoms with van der Waals surface area (Å²) < 4.78 is 20.0. The van der Waals surface area contributed by atoms with E-state index >= 15 is 0 Å². The molecule has 2 aromatic heterocycles. The molecule has 2 aromatic carbocycles. The first-order chi connectivity index (χ1) is 18.8. The highest BCUT2D eigenvalue weighted by Crippen LogP contribution is 2.37. The second kappa shape index (κ2) is 11.5. The van der Waals surface area contributed by atoms with Crippen LogP contribution in [0.2, 0.25) is 10.0 Å². The highest BCUT2D eigenvalue weighted by Gasteiger charge is 2.23. The van der Waals surface area contributed by atoms with Crippen molar-refractivity contribution in [2.24, 2.45) is 0 Å². The number of piperazine rings is 1. The van der Waals surface area contributed by atoms with Crippen molar-refractivity contribution in [3.63, 3.8) is 0 Å². The summed E-state index contributed by atoms with van der Waals surface area (Å²) in [5.74, 6) is -0.111. The number of hydrogen-bond donors (Lipinski definition) is 1. The Morgan fingerprint density at radius 2 is 1.69 bits per heavy atom. The lowest BCUT2D eigenvalue weighted by Crippen LogP contribution is -2.48. The third kappa shape index (κ3) is 5.77. The van der Waals surface area contributed by atoms with Gasteiger partial charge in [0, 0.05) is 72.2 Å². The molecule has 0 aliphatic carbocycles. The van der Waals surface area contributed by atoms with Crippen LogP contribution in [0.1, 0.15) is 28.9 Å². The number of rotatable bonds is 6. The van der Waals surface area contributed by atoms with Crippen LogP contribution < -0.4 is 15.4 Å². The maximum atomic E-state index is 14.0. The Balaban J connectivity index is 1.27. The highest BCUT2D eigenvalue weighted by molar-refractivity contribution is 6.36. The van der Waals surface area contributed by atoms with E-state index < -0.39 is 11.9 Å². The SMILES string of the molecule is CC(Oc1cc(-c2ccc(C(=O)N3CCN(c4ccncc4)CC3)cc2)cnc1N)c1c(Cl)ccc(F)c1Cl. The first-order valence-electron chi connectivity index (χ1n) is 12.4. The number of carbonyl (C=O) groups is 1. The Kier molecular flexibility index (Phi) is 7.86.